The molecule has 0 bridgehead atoms. The number of hydrogen-bond acceptors (Lipinski definition) is 5. The maximum absolute atomic E-state index is 6.32. The summed E-state index contributed by atoms with van der Waals surface area (Å²) in [5, 5.41) is 9.94. The van der Waals surface area contributed by atoms with E-state index in [2.05, 4.69) is 34.0 Å². The Labute approximate surface area is 177 Å². The van der Waals surface area contributed by atoms with Gasteiger partial charge in [-0.25, -0.2) is 9.98 Å². The van der Waals surface area contributed by atoms with Crippen LogP contribution in [0.1, 0.15) is 48.9 Å². The molecule has 1 aromatic heterocycles. The fraction of sp³-hybridized carbons (Fsp3) is 0.545. The molecule has 158 valence electrons. The number of thiazole rings is 1. The normalized spacial score (nSPS) is 14.8. The first kappa shape index (κ1) is 21.4. The Hall–Kier alpha value is -2.28. The number of hydrogen-bond donors (Lipinski definition) is 2. The summed E-state index contributed by atoms with van der Waals surface area (Å²) < 4.78 is 11.9. The number of rotatable bonds is 9. The lowest BCUT2D eigenvalue weighted by Crippen LogP contribution is -2.38. The zero-order valence-electron chi connectivity index (χ0n) is 17.7. The minimum absolute atomic E-state index is 0.280. The van der Waals surface area contributed by atoms with Gasteiger partial charge in [0.25, 0.3) is 0 Å². The average molecular weight is 417 g/mol. The smallest absolute Gasteiger partial charge is 0.191 e. The van der Waals surface area contributed by atoms with Crippen molar-refractivity contribution >= 4 is 17.3 Å². The lowest BCUT2D eigenvalue weighted by atomic mass is 10.1. The zero-order chi connectivity index (χ0) is 20.5. The number of ether oxygens (including phenoxy) is 2. The van der Waals surface area contributed by atoms with Crippen LogP contribution in [0.25, 0.3) is 0 Å². The van der Waals surface area contributed by atoms with Gasteiger partial charge in [0.05, 0.1) is 30.5 Å². The van der Waals surface area contributed by atoms with Crippen molar-refractivity contribution in [1.29, 1.82) is 0 Å². The van der Waals surface area contributed by atoms with Crippen LogP contribution < -0.4 is 20.1 Å². The van der Waals surface area contributed by atoms with E-state index in [0.717, 1.165) is 66.1 Å². The first-order chi connectivity index (χ1) is 14.2. The number of aliphatic imine (C=N–C) groups is 1. The Morgan fingerprint density at radius 2 is 2.10 bits per heavy atom. The quantitative estimate of drug-likeness (QED) is 0.476. The fourth-order valence-electron chi connectivity index (χ4n) is 3.49. The second kappa shape index (κ2) is 11.0. The molecule has 1 aromatic carbocycles. The van der Waals surface area contributed by atoms with E-state index < -0.39 is 0 Å². The molecule has 2 N–H and O–H groups in total. The van der Waals surface area contributed by atoms with E-state index in [0.29, 0.717) is 6.54 Å². The third kappa shape index (κ3) is 6.35. The predicted octanol–water partition coefficient (Wildman–Crippen LogP) is 4.08. The summed E-state index contributed by atoms with van der Waals surface area (Å²) in [6.45, 7) is 6.24. The van der Waals surface area contributed by atoms with Gasteiger partial charge in [0.2, 0.25) is 0 Å². The Morgan fingerprint density at radius 3 is 2.79 bits per heavy atom. The molecule has 1 fully saturated rings. The maximum atomic E-state index is 6.32. The summed E-state index contributed by atoms with van der Waals surface area (Å²) >= 11 is 1.69. The molecule has 1 saturated carbocycles. The van der Waals surface area contributed by atoms with Gasteiger partial charge in [0, 0.05) is 30.5 Å². The van der Waals surface area contributed by atoms with Crippen molar-refractivity contribution in [3.8, 4) is 11.5 Å². The summed E-state index contributed by atoms with van der Waals surface area (Å²) in [5.41, 5.74) is 2.17. The van der Waals surface area contributed by atoms with Crippen molar-refractivity contribution < 1.29 is 9.47 Å². The second-order valence-corrected chi connectivity index (χ2v) is 8.26. The van der Waals surface area contributed by atoms with E-state index in [4.69, 9.17) is 14.5 Å². The van der Waals surface area contributed by atoms with Gasteiger partial charge in [-0.2, -0.15) is 0 Å². The zero-order valence-corrected chi connectivity index (χ0v) is 18.5. The SMILES string of the molecule is CCNC(=NCc1cccc(OC)c1OC1CCCC1)NCCc1csc(C)n1. The Kier molecular flexibility index (Phi) is 8.16. The maximum Gasteiger partial charge on any atom is 0.191 e. The van der Waals surface area contributed by atoms with Crippen molar-refractivity contribution in [3.63, 3.8) is 0 Å². The highest BCUT2D eigenvalue weighted by Crippen LogP contribution is 2.35. The molecule has 0 amide bonds. The molecule has 0 unspecified atom stereocenters. The molecule has 3 rings (SSSR count). The summed E-state index contributed by atoms with van der Waals surface area (Å²) in [6, 6.07) is 6.02. The van der Waals surface area contributed by atoms with E-state index >= 15 is 0 Å². The van der Waals surface area contributed by atoms with Crippen molar-refractivity contribution in [1.82, 2.24) is 15.6 Å². The summed E-state index contributed by atoms with van der Waals surface area (Å²) in [6.07, 6.45) is 5.86. The van der Waals surface area contributed by atoms with Crippen LogP contribution >= 0.6 is 11.3 Å². The van der Waals surface area contributed by atoms with E-state index in [1.165, 1.54) is 12.8 Å². The largest absolute Gasteiger partial charge is 0.493 e. The first-order valence-electron chi connectivity index (χ1n) is 10.4. The van der Waals surface area contributed by atoms with Gasteiger partial charge in [-0.05, 0) is 45.6 Å². The summed E-state index contributed by atoms with van der Waals surface area (Å²) in [4.78, 5) is 9.29. The number of nitrogens with zero attached hydrogens (tertiary/aromatic N) is 2. The van der Waals surface area contributed by atoms with Crippen molar-refractivity contribution in [3.05, 3.63) is 39.8 Å². The summed E-state index contributed by atoms with van der Waals surface area (Å²) in [5.74, 6) is 2.41. The van der Waals surface area contributed by atoms with E-state index in [9.17, 15) is 0 Å². The Morgan fingerprint density at radius 1 is 1.28 bits per heavy atom. The number of aromatic nitrogens is 1. The van der Waals surface area contributed by atoms with Crippen LogP contribution in [-0.4, -0.2) is 37.2 Å². The van der Waals surface area contributed by atoms with Gasteiger partial charge in [-0.1, -0.05) is 12.1 Å². The van der Waals surface area contributed by atoms with Gasteiger partial charge >= 0.3 is 0 Å². The average Bonchev–Trinajstić information content (AvgIpc) is 3.38. The molecular weight excluding hydrogens is 384 g/mol. The van der Waals surface area contributed by atoms with Crippen molar-refractivity contribution in [2.45, 2.75) is 58.6 Å². The van der Waals surface area contributed by atoms with Crippen molar-refractivity contribution in [2.75, 3.05) is 20.2 Å². The van der Waals surface area contributed by atoms with Crippen LogP contribution in [0.3, 0.4) is 0 Å². The van der Waals surface area contributed by atoms with Gasteiger partial charge in [-0.15, -0.1) is 11.3 Å². The molecule has 0 aliphatic heterocycles. The minimum Gasteiger partial charge on any atom is -0.493 e. The lowest BCUT2D eigenvalue weighted by molar-refractivity contribution is 0.198. The van der Waals surface area contributed by atoms with E-state index in [1.54, 1.807) is 18.4 Å². The van der Waals surface area contributed by atoms with Crippen LogP contribution in [0.5, 0.6) is 11.5 Å². The van der Waals surface area contributed by atoms with Crippen LogP contribution in [0.2, 0.25) is 0 Å². The lowest BCUT2D eigenvalue weighted by Gasteiger charge is -2.19. The molecule has 0 saturated heterocycles. The third-order valence-corrected chi connectivity index (χ3v) is 5.78. The van der Waals surface area contributed by atoms with Gasteiger partial charge < -0.3 is 20.1 Å². The molecule has 2 aromatic rings. The number of para-hydroxylation sites is 1. The molecule has 29 heavy (non-hydrogen) atoms. The van der Waals surface area contributed by atoms with Crippen LogP contribution in [-0.2, 0) is 13.0 Å². The van der Waals surface area contributed by atoms with Gasteiger partial charge in [0.15, 0.2) is 17.5 Å². The van der Waals surface area contributed by atoms with Gasteiger partial charge in [0.1, 0.15) is 0 Å². The van der Waals surface area contributed by atoms with Crippen molar-refractivity contribution in [2.24, 2.45) is 4.99 Å². The molecule has 1 aliphatic carbocycles. The molecule has 0 radical (unpaired) electrons. The number of aryl methyl sites for hydroxylation is 1. The van der Waals surface area contributed by atoms with Crippen LogP contribution in [0.15, 0.2) is 28.6 Å². The molecule has 7 heteroatoms. The van der Waals surface area contributed by atoms with Crippen LogP contribution in [0, 0.1) is 6.92 Å². The molecule has 0 atom stereocenters. The predicted molar refractivity (Wildman–Crippen MR) is 119 cm³/mol. The fourth-order valence-corrected chi connectivity index (χ4v) is 4.14. The minimum atomic E-state index is 0.280. The Balaban J connectivity index is 1.65. The molecule has 1 aliphatic rings. The topological polar surface area (TPSA) is 67.8 Å². The molecule has 1 heterocycles. The number of methoxy groups -OCH3 is 1. The number of benzene rings is 1. The standard InChI is InChI=1S/C22H32N4O2S/c1-4-23-22(24-13-12-18-15-29-16(2)26-18)25-14-17-8-7-11-20(27-3)21(17)28-19-9-5-6-10-19/h7-8,11,15,19H,4-6,9-10,12-14H2,1-3H3,(H2,23,24,25). The van der Waals surface area contributed by atoms with Crippen LogP contribution in [0.4, 0.5) is 0 Å². The highest BCUT2D eigenvalue weighted by molar-refractivity contribution is 7.09. The second-order valence-electron chi connectivity index (χ2n) is 7.20. The highest BCUT2D eigenvalue weighted by Gasteiger charge is 2.20. The molecular formula is C22H32N4O2S. The number of nitrogens with one attached hydrogen (secondary N) is 2. The van der Waals surface area contributed by atoms with E-state index in [1.807, 2.05) is 19.1 Å². The third-order valence-electron chi connectivity index (χ3n) is 4.96. The summed E-state index contributed by atoms with van der Waals surface area (Å²) in [7, 11) is 1.69. The Bertz CT molecular complexity index is 800. The van der Waals surface area contributed by atoms with E-state index in [-0.39, 0.29) is 6.10 Å². The molecule has 0 spiro atoms. The first-order valence-corrected chi connectivity index (χ1v) is 11.3. The van der Waals surface area contributed by atoms with Gasteiger partial charge in [-0.3, -0.25) is 0 Å². The molecule has 6 nitrogen and oxygen atoms in total. The highest BCUT2D eigenvalue weighted by atomic mass is 32.1. The number of guanidine groups is 1. The monoisotopic (exact) mass is 416 g/mol.